The molecular formula is C6H13NO2. The van der Waals surface area contributed by atoms with E-state index in [4.69, 9.17) is 0 Å². The van der Waals surface area contributed by atoms with Crippen LogP contribution in [0.25, 0.3) is 0 Å². The lowest BCUT2D eigenvalue weighted by Crippen LogP contribution is -2.38. The Morgan fingerprint density at radius 3 is 2.33 bits per heavy atom. The van der Waals surface area contributed by atoms with Crippen molar-refractivity contribution in [2.24, 2.45) is 0 Å². The summed E-state index contributed by atoms with van der Waals surface area (Å²) in [7, 11) is 1.60. The number of likely N-dealkylation sites (tertiary alicyclic amines) is 1. The van der Waals surface area contributed by atoms with Gasteiger partial charge in [-0.05, 0) is 6.92 Å². The zero-order valence-electron chi connectivity index (χ0n) is 5.92. The molecule has 0 aromatic heterocycles. The highest BCUT2D eigenvalue weighted by Gasteiger charge is 2.36. The van der Waals surface area contributed by atoms with E-state index in [1.165, 1.54) is 0 Å². The van der Waals surface area contributed by atoms with E-state index in [0.29, 0.717) is 19.5 Å². The molecule has 1 rings (SSSR count). The maximum Gasteiger partial charge on any atom is 0.116 e. The predicted molar refractivity (Wildman–Crippen MR) is 34.5 cm³/mol. The number of rotatable bonds is 0. The van der Waals surface area contributed by atoms with E-state index in [9.17, 15) is 10.3 Å². The molecule has 0 amide bonds. The quantitative estimate of drug-likeness (QED) is 0.374. The lowest BCUT2D eigenvalue weighted by Gasteiger charge is -2.34. The van der Waals surface area contributed by atoms with Crippen molar-refractivity contribution < 1.29 is 9.75 Å². The average Bonchev–Trinajstić information content (AvgIpc) is 1.78. The third-order valence-electron chi connectivity index (χ3n) is 1.80. The molecule has 3 nitrogen and oxygen atoms in total. The molecule has 54 valence electrons. The summed E-state index contributed by atoms with van der Waals surface area (Å²) in [6, 6.07) is 0. The van der Waals surface area contributed by atoms with Gasteiger partial charge in [-0.25, -0.2) is 0 Å². The summed E-state index contributed by atoms with van der Waals surface area (Å²) >= 11 is 0. The van der Waals surface area contributed by atoms with Gasteiger partial charge in [0, 0.05) is 6.42 Å². The number of hydroxylamine groups is 3. The van der Waals surface area contributed by atoms with Crippen molar-refractivity contribution in [1.82, 2.24) is 0 Å². The summed E-state index contributed by atoms with van der Waals surface area (Å²) in [4.78, 5) is 0. The smallest absolute Gasteiger partial charge is 0.116 e. The first-order valence-electron chi connectivity index (χ1n) is 3.19. The Bertz CT molecular complexity index is 106. The van der Waals surface area contributed by atoms with E-state index >= 15 is 0 Å². The minimum Gasteiger partial charge on any atom is -0.633 e. The summed E-state index contributed by atoms with van der Waals surface area (Å²) in [5.74, 6) is 0. The lowest BCUT2D eigenvalue weighted by atomic mass is 10.1. The Morgan fingerprint density at radius 1 is 1.67 bits per heavy atom. The van der Waals surface area contributed by atoms with Gasteiger partial charge in [0.25, 0.3) is 0 Å². The van der Waals surface area contributed by atoms with Crippen LogP contribution in [0.1, 0.15) is 13.3 Å². The fourth-order valence-corrected chi connectivity index (χ4v) is 1.36. The molecule has 3 heteroatoms. The molecule has 1 saturated heterocycles. The standard InChI is InChI=1S/C6H13NO2/c1-6(8)3-4-7(2,9)5-6/h8H,3-5H2,1-2H3. The van der Waals surface area contributed by atoms with Crippen molar-refractivity contribution in [2.75, 3.05) is 20.1 Å². The number of nitrogens with zero attached hydrogens (tertiary/aromatic N) is 1. The second-order valence-corrected chi connectivity index (χ2v) is 3.43. The third-order valence-corrected chi connectivity index (χ3v) is 1.80. The van der Waals surface area contributed by atoms with E-state index in [2.05, 4.69) is 0 Å². The van der Waals surface area contributed by atoms with Crippen LogP contribution in [0.5, 0.6) is 0 Å². The van der Waals surface area contributed by atoms with Crippen LogP contribution < -0.4 is 0 Å². The summed E-state index contributed by atoms with van der Waals surface area (Å²) in [6.45, 7) is 2.61. The molecule has 0 saturated carbocycles. The van der Waals surface area contributed by atoms with Gasteiger partial charge in [-0.3, -0.25) is 0 Å². The first-order chi connectivity index (χ1) is 3.91. The van der Waals surface area contributed by atoms with Crippen LogP contribution in [-0.4, -0.2) is 35.5 Å². The highest BCUT2D eigenvalue weighted by atomic mass is 16.5. The highest BCUT2D eigenvalue weighted by Crippen LogP contribution is 2.23. The molecule has 1 heterocycles. The molecule has 1 aliphatic heterocycles. The number of quaternary nitrogens is 1. The second-order valence-electron chi connectivity index (χ2n) is 3.43. The number of likely N-dealkylation sites (N-methyl/N-ethyl adjacent to an activating group) is 1. The zero-order chi connectivity index (χ0) is 7.12. The molecule has 2 atom stereocenters. The minimum absolute atomic E-state index is 0.285. The van der Waals surface area contributed by atoms with Crippen LogP contribution in [0.4, 0.5) is 0 Å². The minimum atomic E-state index is -0.712. The average molecular weight is 131 g/mol. The molecule has 0 spiro atoms. The molecule has 0 radical (unpaired) electrons. The fraction of sp³-hybridized carbons (Fsp3) is 1.00. The second kappa shape index (κ2) is 1.68. The highest BCUT2D eigenvalue weighted by molar-refractivity contribution is 4.77. The van der Waals surface area contributed by atoms with Crippen LogP contribution in [0, 0.1) is 5.21 Å². The van der Waals surface area contributed by atoms with Gasteiger partial charge in [0.2, 0.25) is 0 Å². The molecule has 0 aromatic rings. The molecule has 9 heavy (non-hydrogen) atoms. The molecule has 1 N–H and O–H groups in total. The van der Waals surface area contributed by atoms with Crippen LogP contribution in [0.15, 0.2) is 0 Å². The van der Waals surface area contributed by atoms with Crippen LogP contribution in [-0.2, 0) is 0 Å². The normalized spacial score (nSPS) is 52.0. The van der Waals surface area contributed by atoms with Crippen LogP contribution in [0.2, 0.25) is 0 Å². The fourth-order valence-electron chi connectivity index (χ4n) is 1.36. The van der Waals surface area contributed by atoms with Crippen molar-refractivity contribution in [3.8, 4) is 0 Å². The first-order valence-corrected chi connectivity index (χ1v) is 3.19. The summed E-state index contributed by atoms with van der Waals surface area (Å²) < 4.78 is -0.285. The first kappa shape index (κ1) is 6.99. The van der Waals surface area contributed by atoms with E-state index < -0.39 is 5.60 Å². The summed E-state index contributed by atoms with van der Waals surface area (Å²) in [5.41, 5.74) is -0.712. The SMILES string of the molecule is CC1(O)CC[N+](C)([O-])C1. The van der Waals surface area contributed by atoms with Crippen LogP contribution >= 0.6 is 0 Å². The lowest BCUT2D eigenvalue weighted by molar-refractivity contribution is -0.850. The molecule has 0 bridgehead atoms. The zero-order valence-corrected chi connectivity index (χ0v) is 5.92. The number of aliphatic hydroxyl groups is 1. The van der Waals surface area contributed by atoms with Crippen molar-refractivity contribution >= 4 is 0 Å². The maximum absolute atomic E-state index is 11.1. The summed E-state index contributed by atoms with van der Waals surface area (Å²) in [5, 5.41) is 20.4. The van der Waals surface area contributed by atoms with Gasteiger partial charge in [-0.1, -0.05) is 0 Å². The molecule has 1 aliphatic rings. The van der Waals surface area contributed by atoms with Gasteiger partial charge >= 0.3 is 0 Å². The van der Waals surface area contributed by atoms with E-state index in [0.717, 1.165) is 0 Å². The Labute approximate surface area is 55.1 Å². The molecule has 0 aliphatic carbocycles. The Balaban J connectivity index is 2.58. The third kappa shape index (κ3) is 1.64. The van der Waals surface area contributed by atoms with E-state index in [1.54, 1.807) is 14.0 Å². The van der Waals surface area contributed by atoms with Gasteiger partial charge in [-0.2, -0.15) is 0 Å². The topological polar surface area (TPSA) is 43.3 Å². The molecule has 0 aromatic carbocycles. The van der Waals surface area contributed by atoms with Gasteiger partial charge in [0.05, 0.1) is 13.6 Å². The van der Waals surface area contributed by atoms with E-state index in [-0.39, 0.29) is 4.65 Å². The van der Waals surface area contributed by atoms with Gasteiger partial charge in [0.1, 0.15) is 12.1 Å². The van der Waals surface area contributed by atoms with E-state index in [1.807, 2.05) is 0 Å². The molecular weight excluding hydrogens is 118 g/mol. The maximum atomic E-state index is 11.1. The largest absolute Gasteiger partial charge is 0.633 e. The number of hydrogen-bond donors (Lipinski definition) is 1. The van der Waals surface area contributed by atoms with Crippen molar-refractivity contribution in [3.05, 3.63) is 5.21 Å². The van der Waals surface area contributed by atoms with Gasteiger partial charge < -0.3 is 15.0 Å². The summed E-state index contributed by atoms with van der Waals surface area (Å²) in [6.07, 6.45) is 0.632. The molecule has 2 unspecified atom stereocenters. The van der Waals surface area contributed by atoms with Crippen molar-refractivity contribution in [2.45, 2.75) is 18.9 Å². The van der Waals surface area contributed by atoms with Gasteiger partial charge in [-0.15, -0.1) is 0 Å². The predicted octanol–water partition coefficient (Wildman–Crippen LogP) is 0.0855. The Morgan fingerprint density at radius 2 is 2.22 bits per heavy atom. The monoisotopic (exact) mass is 131 g/mol. The van der Waals surface area contributed by atoms with Crippen molar-refractivity contribution in [3.63, 3.8) is 0 Å². The van der Waals surface area contributed by atoms with Crippen LogP contribution in [0.3, 0.4) is 0 Å². The Kier molecular flexibility index (Phi) is 1.31. The number of hydrogen-bond acceptors (Lipinski definition) is 2. The van der Waals surface area contributed by atoms with Crippen molar-refractivity contribution in [1.29, 1.82) is 0 Å². The van der Waals surface area contributed by atoms with Gasteiger partial charge in [0.15, 0.2) is 0 Å². The molecule has 1 fully saturated rings. The Hall–Kier alpha value is -0.120.